The van der Waals surface area contributed by atoms with Crippen molar-refractivity contribution in [3.05, 3.63) is 34.6 Å². The monoisotopic (exact) mass is 313 g/mol. The van der Waals surface area contributed by atoms with Crippen molar-refractivity contribution in [3.63, 3.8) is 0 Å². The zero-order chi connectivity index (χ0) is 15.7. The van der Waals surface area contributed by atoms with Gasteiger partial charge in [-0.1, -0.05) is 31.5 Å². The average Bonchev–Trinajstić information content (AvgIpc) is 2.41. The van der Waals surface area contributed by atoms with Crippen LogP contribution in [0.15, 0.2) is 18.2 Å². The van der Waals surface area contributed by atoms with E-state index in [1.165, 1.54) is 18.2 Å². The molecule has 1 aromatic rings. The van der Waals surface area contributed by atoms with Crippen molar-refractivity contribution in [2.75, 3.05) is 6.54 Å². The number of carbonyl (C=O) groups excluding carboxylic acids is 1. The van der Waals surface area contributed by atoms with Gasteiger partial charge in [-0.15, -0.1) is 0 Å². The lowest BCUT2D eigenvalue weighted by Gasteiger charge is -2.40. The van der Waals surface area contributed by atoms with Gasteiger partial charge in [0.15, 0.2) is 0 Å². The Morgan fingerprint density at radius 3 is 2.52 bits per heavy atom. The first-order valence-electron chi connectivity index (χ1n) is 7.17. The van der Waals surface area contributed by atoms with Crippen molar-refractivity contribution in [1.82, 2.24) is 5.32 Å². The topological polar surface area (TPSA) is 49.3 Å². The minimum Gasteiger partial charge on any atom is -0.388 e. The Bertz CT molecular complexity index is 515. The summed E-state index contributed by atoms with van der Waals surface area (Å²) in [7, 11) is 0. The molecule has 0 spiro atoms. The Morgan fingerprint density at radius 2 is 1.95 bits per heavy atom. The van der Waals surface area contributed by atoms with Crippen molar-refractivity contribution < 1.29 is 14.3 Å². The summed E-state index contributed by atoms with van der Waals surface area (Å²) in [5, 5.41) is 13.2. The highest BCUT2D eigenvalue weighted by molar-refractivity contribution is 6.33. The summed E-state index contributed by atoms with van der Waals surface area (Å²) < 4.78 is 13.7. The molecule has 116 valence electrons. The summed E-state index contributed by atoms with van der Waals surface area (Å²) >= 11 is 5.85. The Labute approximate surface area is 129 Å². The van der Waals surface area contributed by atoms with Gasteiger partial charge in [0, 0.05) is 6.54 Å². The fourth-order valence-corrected chi connectivity index (χ4v) is 2.87. The normalized spacial score (nSPS) is 20.0. The molecule has 0 radical (unpaired) electrons. The van der Waals surface area contributed by atoms with Crippen LogP contribution in [0.1, 0.15) is 49.9 Å². The summed E-state index contributed by atoms with van der Waals surface area (Å²) in [5.41, 5.74) is -0.854. The standard InChI is InChI=1S/C16H21ClFNO2/c1-15(2)6-8-16(21,9-7-15)10-19-14(20)13-11(17)4-3-5-12(13)18/h3-5,21H,6-10H2,1-2H3,(H,19,20). The van der Waals surface area contributed by atoms with Crippen LogP contribution in [0.2, 0.25) is 5.02 Å². The van der Waals surface area contributed by atoms with Crippen LogP contribution in [-0.4, -0.2) is 23.2 Å². The predicted octanol–water partition coefficient (Wildman–Crippen LogP) is 3.54. The first kappa shape index (κ1) is 16.2. The molecule has 0 atom stereocenters. The molecule has 0 aromatic heterocycles. The molecule has 0 bridgehead atoms. The fourth-order valence-electron chi connectivity index (χ4n) is 2.62. The largest absolute Gasteiger partial charge is 0.388 e. The lowest BCUT2D eigenvalue weighted by Crippen LogP contribution is -2.46. The maximum Gasteiger partial charge on any atom is 0.255 e. The SMILES string of the molecule is CC1(C)CCC(O)(CNC(=O)c2c(F)cccc2Cl)CC1. The first-order valence-corrected chi connectivity index (χ1v) is 7.55. The molecule has 5 heteroatoms. The summed E-state index contributed by atoms with van der Waals surface area (Å²) in [4.78, 5) is 12.1. The summed E-state index contributed by atoms with van der Waals surface area (Å²) in [6.45, 7) is 4.46. The van der Waals surface area contributed by atoms with Crippen LogP contribution in [0.25, 0.3) is 0 Å². The molecule has 1 aliphatic rings. The zero-order valence-electron chi connectivity index (χ0n) is 12.4. The Balaban J connectivity index is 1.99. The average molecular weight is 314 g/mol. The highest BCUT2D eigenvalue weighted by Crippen LogP contribution is 2.39. The quantitative estimate of drug-likeness (QED) is 0.896. The molecule has 1 aromatic carbocycles. The number of hydrogen-bond donors (Lipinski definition) is 2. The van der Waals surface area contributed by atoms with Crippen molar-refractivity contribution in [2.24, 2.45) is 5.41 Å². The van der Waals surface area contributed by atoms with Crippen LogP contribution >= 0.6 is 11.6 Å². The third-order valence-electron chi connectivity index (χ3n) is 4.30. The number of amides is 1. The van der Waals surface area contributed by atoms with Gasteiger partial charge in [-0.3, -0.25) is 4.79 Å². The molecule has 1 aliphatic carbocycles. The maximum absolute atomic E-state index is 13.7. The van der Waals surface area contributed by atoms with Gasteiger partial charge < -0.3 is 10.4 Å². The summed E-state index contributed by atoms with van der Waals surface area (Å²) in [6, 6.07) is 4.11. The van der Waals surface area contributed by atoms with Crippen molar-refractivity contribution >= 4 is 17.5 Å². The summed E-state index contributed by atoms with van der Waals surface area (Å²) in [6.07, 6.45) is 3.07. The molecule has 2 N–H and O–H groups in total. The molecule has 3 nitrogen and oxygen atoms in total. The highest BCUT2D eigenvalue weighted by atomic mass is 35.5. The van der Waals surface area contributed by atoms with Crippen molar-refractivity contribution in [2.45, 2.75) is 45.1 Å². The van der Waals surface area contributed by atoms with Gasteiger partial charge >= 0.3 is 0 Å². The molecule has 1 saturated carbocycles. The van der Waals surface area contributed by atoms with Crippen LogP contribution in [0.4, 0.5) is 4.39 Å². The van der Waals surface area contributed by atoms with Crippen LogP contribution in [0.5, 0.6) is 0 Å². The lowest BCUT2D eigenvalue weighted by molar-refractivity contribution is -0.0233. The number of hydrogen-bond acceptors (Lipinski definition) is 2. The van der Waals surface area contributed by atoms with Crippen molar-refractivity contribution in [3.8, 4) is 0 Å². The van der Waals surface area contributed by atoms with E-state index in [0.717, 1.165) is 12.8 Å². The van der Waals surface area contributed by atoms with E-state index >= 15 is 0 Å². The van der Waals surface area contributed by atoms with E-state index in [2.05, 4.69) is 19.2 Å². The molecule has 0 aliphatic heterocycles. The smallest absolute Gasteiger partial charge is 0.255 e. The van der Waals surface area contributed by atoms with Gasteiger partial charge in [0.05, 0.1) is 16.2 Å². The van der Waals surface area contributed by atoms with Gasteiger partial charge in [0.1, 0.15) is 5.82 Å². The van der Waals surface area contributed by atoms with E-state index < -0.39 is 17.3 Å². The summed E-state index contributed by atoms with van der Waals surface area (Å²) in [5.74, 6) is -1.24. The van der Waals surface area contributed by atoms with E-state index in [0.29, 0.717) is 12.8 Å². The molecule has 2 rings (SSSR count). The number of rotatable bonds is 3. The molecule has 21 heavy (non-hydrogen) atoms. The Morgan fingerprint density at radius 1 is 1.33 bits per heavy atom. The van der Waals surface area contributed by atoms with Gasteiger partial charge in [-0.25, -0.2) is 4.39 Å². The van der Waals surface area contributed by atoms with E-state index in [1.54, 1.807) is 0 Å². The second kappa shape index (κ2) is 5.93. The zero-order valence-corrected chi connectivity index (χ0v) is 13.1. The Kier molecular flexibility index (Phi) is 4.59. The van der Waals surface area contributed by atoms with Gasteiger partial charge in [0.25, 0.3) is 5.91 Å². The molecule has 0 saturated heterocycles. The highest BCUT2D eigenvalue weighted by Gasteiger charge is 2.37. The minimum absolute atomic E-state index is 0.0734. The number of nitrogens with one attached hydrogen (secondary N) is 1. The van der Waals surface area contributed by atoms with Gasteiger partial charge in [-0.2, -0.15) is 0 Å². The van der Waals surface area contributed by atoms with E-state index in [4.69, 9.17) is 11.6 Å². The molecular formula is C16H21ClFNO2. The molecule has 1 fully saturated rings. The van der Waals surface area contributed by atoms with Gasteiger partial charge in [0.2, 0.25) is 0 Å². The third-order valence-corrected chi connectivity index (χ3v) is 4.62. The fraction of sp³-hybridized carbons (Fsp3) is 0.562. The van der Waals surface area contributed by atoms with Crippen LogP contribution in [0.3, 0.4) is 0 Å². The van der Waals surface area contributed by atoms with Crippen LogP contribution in [-0.2, 0) is 0 Å². The Hall–Kier alpha value is -1.13. The van der Waals surface area contributed by atoms with E-state index in [1.807, 2.05) is 0 Å². The number of aliphatic hydroxyl groups is 1. The third kappa shape index (κ3) is 3.95. The number of benzene rings is 1. The predicted molar refractivity (Wildman–Crippen MR) is 80.9 cm³/mol. The van der Waals surface area contributed by atoms with Crippen LogP contribution in [0, 0.1) is 11.2 Å². The molecule has 0 unspecified atom stereocenters. The van der Waals surface area contributed by atoms with E-state index in [-0.39, 0.29) is 22.5 Å². The minimum atomic E-state index is -0.914. The van der Waals surface area contributed by atoms with Gasteiger partial charge in [-0.05, 0) is 43.2 Å². The second-order valence-electron chi connectivity index (χ2n) is 6.67. The lowest BCUT2D eigenvalue weighted by atomic mass is 9.71. The number of halogens is 2. The molecule has 0 heterocycles. The van der Waals surface area contributed by atoms with Crippen LogP contribution < -0.4 is 5.32 Å². The van der Waals surface area contributed by atoms with Crippen molar-refractivity contribution in [1.29, 1.82) is 0 Å². The second-order valence-corrected chi connectivity index (χ2v) is 7.08. The van der Waals surface area contributed by atoms with E-state index in [9.17, 15) is 14.3 Å². The molecular weight excluding hydrogens is 293 g/mol. The number of carbonyl (C=O) groups is 1. The first-order chi connectivity index (χ1) is 9.72. The maximum atomic E-state index is 13.7. The molecule has 1 amide bonds.